The molecule has 1 rings (SSSR count). The maximum atomic E-state index is 11.7. The summed E-state index contributed by atoms with van der Waals surface area (Å²) in [6.45, 7) is 7.22. The quantitative estimate of drug-likeness (QED) is 0.834. The van der Waals surface area contributed by atoms with Crippen molar-refractivity contribution >= 4 is 23.7 Å². The molecule has 1 aromatic rings. The smallest absolute Gasteiger partial charge is 0.407 e. The van der Waals surface area contributed by atoms with Crippen molar-refractivity contribution in [3.63, 3.8) is 0 Å². The predicted molar refractivity (Wildman–Crippen MR) is 84.8 cm³/mol. The van der Waals surface area contributed by atoms with E-state index in [1.165, 1.54) is 0 Å². The molecule has 1 N–H and O–H groups in total. The van der Waals surface area contributed by atoms with Crippen molar-refractivity contribution in [1.29, 1.82) is 0 Å². The Hall–Kier alpha value is -1.75. The monoisotopic (exact) mass is 327 g/mol. The van der Waals surface area contributed by atoms with E-state index in [2.05, 4.69) is 5.32 Å². The summed E-state index contributed by atoms with van der Waals surface area (Å²) in [5.41, 5.74) is 0.181. The summed E-state index contributed by atoms with van der Waals surface area (Å²) in [6.07, 6.45) is -0.934. The zero-order valence-corrected chi connectivity index (χ0v) is 14.1. The second-order valence-corrected chi connectivity index (χ2v) is 6.24. The van der Waals surface area contributed by atoms with Gasteiger partial charge in [0.2, 0.25) is 0 Å². The topological polar surface area (TPSA) is 64.6 Å². The van der Waals surface area contributed by atoms with Crippen LogP contribution < -0.4 is 5.32 Å². The van der Waals surface area contributed by atoms with Crippen LogP contribution in [0, 0.1) is 0 Å². The fourth-order valence-corrected chi connectivity index (χ4v) is 1.99. The molecule has 0 heterocycles. The molecule has 1 atom stereocenters. The minimum atomic E-state index is -0.566. The van der Waals surface area contributed by atoms with Crippen molar-refractivity contribution in [2.75, 3.05) is 6.54 Å². The van der Waals surface area contributed by atoms with Gasteiger partial charge in [0.25, 0.3) is 0 Å². The molecule has 1 amide bonds. The number of hydrogen-bond acceptors (Lipinski definition) is 4. The molecule has 0 aliphatic carbocycles. The van der Waals surface area contributed by atoms with E-state index in [9.17, 15) is 9.59 Å². The molecular weight excluding hydrogens is 306 g/mol. The number of amides is 1. The van der Waals surface area contributed by atoms with Gasteiger partial charge in [-0.25, -0.2) is 4.79 Å². The summed E-state index contributed by atoms with van der Waals surface area (Å²) in [5, 5.41) is 3.06. The van der Waals surface area contributed by atoms with Gasteiger partial charge in [0, 0.05) is 17.1 Å². The molecule has 6 heteroatoms. The Kier molecular flexibility index (Phi) is 6.68. The van der Waals surface area contributed by atoms with Crippen LogP contribution in [-0.2, 0) is 14.3 Å². The molecule has 0 aromatic heterocycles. The maximum Gasteiger partial charge on any atom is 0.407 e. The van der Waals surface area contributed by atoms with E-state index < -0.39 is 23.8 Å². The third-order valence-electron chi connectivity index (χ3n) is 2.65. The number of rotatable bonds is 5. The van der Waals surface area contributed by atoms with Gasteiger partial charge in [-0.15, -0.1) is 0 Å². The van der Waals surface area contributed by atoms with Crippen molar-refractivity contribution in [2.45, 2.75) is 45.8 Å². The molecule has 0 aliphatic heterocycles. The highest BCUT2D eigenvalue weighted by Crippen LogP contribution is 2.25. The fraction of sp³-hybridized carbons (Fsp3) is 0.500. The van der Waals surface area contributed by atoms with E-state index in [1.54, 1.807) is 39.8 Å². The number of carbonyl (C=O) groups is 2. The van der Waals surface area contributed by atoms with Crippen molar-refractivity contribution in [1.82, 2.24) is 5.32 Å². The van der Waals surface area contributed by atoms with Crippen LogP contribution in [0.3, 0.4) is 0 Å². The molecule has 0 radical (unpaired) electrons. The first-order chi connectivity index (χ1) is 10.2. The van der Waals surface area contributed by atoms with Crippen molar-refractivity contribution < 1.29 is 19.1 Å². The number of ether oxygens (including phenoxy) is 2. The number of esters is 1. The summed E-state index contributed by atoms with van der Waals surface area (Å²) in [6, 6.07) is 7.19. The van der Waals surface area contributed by atoms with E-state index in [0.717, 1.165) is 5.56 Å². The van der Waals surface area contributed by atoms with E-state index in [1.807, 2.05) is 12.1 Å². The van der Waals surface area contributed by atoms with Crippen LogP contribution in [0.1, 0.15) is 45.8 Å². The standard InChI is InChI=1S/C16H22ClNO4/c1-11(12-7-5-6-8-13(12)17)21-14(19)9-10-18-15(20)22-16(2,3)4/h5-8,11H,9-10H2,1-4H3,(H,18,20)/t11-/m1/s1. The number of nitrogens with one attached hydrogen (secondary N) is 1. The van der Waals surface area contributed by atoms with Crippen molar-refractivity contribution in [3.8, 4) is 0 Å². The Morgan fingerprint density at radius 3 is 2.50 bits per heavy atom. The molecule has 0 fully saturated rings. The fourth-order valence-electron chi connectivity index (χ4n) is 1.71. The third kappa shape index (κ3) is 6.80. The van der Waals surface area contributed by atoms with Crippen molar-refractivity contribution in [3.05, 3.63) is 34.9 Å². The summed E-state index contributed by atoms with van der Waals surface area (Å²) < 4.78 is 10.4. The van der Waals surface area contributed by atoms with E-state index in [0.29, 0.717) is 5.02 Å². The van der Waals surface area contributed by atoms with Crippen LogP contribution in [0.4, 0.5) is 4.79 Å². The van der Waals surface area contributed by atoms with E-state index >= 15 is 0 Å². The lowest BCUT2D eigenvalue weighted by Crippen LogP contribution is -2.33. The van der Waals surface area contributed by atoms with Crippen LogP contribution in [0.2, 0.25) is 5.02 Å². The normalized spacial score (nSPS) is 12.4. The molecule has 5 nitrogen and oxygen atoms in total. The number of alkyl carbamates (subject to hydrolysis) is 1. The second-order valence-electron chi connectivity index (χ2n) is 5.83. The number of benzene rings is 1. The molecule has 1 aromatic carbocycles. The lowest BCUT2D eigenvalue weighted by atomic mass is 10.1. The highest BCUT2D eigenvalue weighted by Gasteiger charge is 2.17. The average Bonchev–Trinajstić information content (AvgIpc) is 2.36. The highest BCUT2D eigenvalue weighted by molar-refractivity contribution is 6.31. The second kappa shape index (κ2) is 8.03. The lowest BCUT2D eigenvalue weighted by Gasteiger charge is -2.19. The molecule has 0 saturated carbocycles. The average molecular weight is 328 g/mol. The van der Waals surface area contributed by atoms with Crippen LogP contribution in [0.15, 0.2) is 24.3 Å². The molecular formula is C16H22ClNO4. The van der Waals surface area contributed by atoms with Gasteiger partial charge in [-0.3, -0.25) is 4.79 Å². The first-order valence-corrected chi connectivity index (χ1v) is 7.47. The minimum absolute atomic E-state index is 0.0635. The van der Waals surface area contributed by atoms with Crippen LogP contribution in [0.25, 0.3) is 0 Å². The Morgan fingerprint density at radius 1 is 1.27 bits per heavy atom. The lowest BCUT2D eigenvalue weighted by molar-refractivity contribution is -0.148. The zero-order chi connectivity index (χ0) is 16.8. The van der Waals surface area contributed by atoms with Gasteiger partial charge in [0.1, 0.15) is 11.7 Å². The Labute approximate surface area is 135 Å². The third-order valence-corrected chi connectivity index (χ3v) is 2.99. The largest absolute Gasteiger partial charge is 0.458 e. The number of halogens is 1. The van der Waals surface area contributed by atoms with Crippen LogP contribution in [0.5, 0.6) is 0 Å². The highest BCUT2D eigenvalue weighted by atomic mass is 35.5. The summed E-state index contributed by atoms with van der Waals surface area (Å²) >= 11 is 6.05. The maximum absolute atomic E-state index is 11.7. The molecule has 0 aliphatic rings. The van der Waals surface area contributed by atoms with Gasteiger partial charge in [0.05, 0.1) is 6.42 Å². The molecule has 22 heavy (non-hydrogen) atoms. The van der Waals surface area contributed by atoms with Gasteiger partial charge in [-0.2, -0.15) is 0 Å². The summed E-state index contributed by atoms with van der Waals surface area (Å²) in [4.78, 5) is 23.2. The SMILES string of the molecule is C[C@@H](OC(=O)CCNC(=O)OC(C)(C)C)c1ccccc1Cl. The summed E-state index contributed by atoms with van der Waals surface area (Å²) in [5.74, 6) is -0.413. The van der Waals surface area contributed by atoms with E-state index in [4.69, 9.17) is 21.1 Å². The van der Waals surface area contributed by atoms with Crippen LogP contribution in [-0.4, -0.2) is 24.2 Å². The first-order valence-electron chi connectivity index (χ1n) is 7.10. The van der Waals surface area contributed by atoms with Gasteiger partial charge < -0.3 is 14.8 Å². The summed E-state index contributed by atoms with van der Waals surface area (Å²) in [7, 11) is 0. The zero-order valence-electron chi connectivity index (χ0n) is 13.3. The predicted octanol–water partition coefficient (Wildman–Crippen LogP) is 3.86. The Morgan fingerprint density at radius 2 is 1.91 bits per heavy atom. The molecule has 0 spiro atoms. The van der Waals surface area contributed by atoms with Gasteiger partial charge in [0.15, 0.2) is 0 Å². The van der Waals surface area contributed by atoms with Crippen molar-refractivity contribution in [2.24, 2.45) is 0 Å². The minimum Gasteiger partial charge on any atom is -0.458 e. The van der Waals surface area contributed by atoms with Crippen LogP contribution >= 0.6 is 11.6 Å². The molecule has 0 unspecified atom stereocenters. The van der Waals surface area contributed by atoms with Gasteiger partial charge >= 0.3 is 12.1 Å². The Bertz CT molecular complexity index is 525. The Balaban J connectivity index is 2.35. The number of hydrogen-bond donors (Lipinski definition) is 1. The molecule has 0 saturated heterocycles. The van der Waals surface area contributed by atoms with E-state index in [-0.39, 0.29) is 13.0 Å². The van der Waals surface area contributed by atoms with Gasteiger partial charge in [-0.05, 0) is 33.8 Å². The molecule has 0 bridgehead atoms. The first kappa shape index (κ1) is 18.3. The molecule has 122 valence electrons. The van der Waals surface area contributed by atoms with Gasteiger partial charge in [-0.1, -0.05) is 29.8 Å². The number of carbonyl (C=O) groups excluding carboxylic acids is 2.